The van der Waals surface area contributed by atoms with E-state index in [1.165, 1.54) is 0 Å². The highest BCUT2D eigenvalue weighted by Gasteiger charge is 2.03. The minimum absolute atomic E-state index is 0.0434. The van der Waals surface area contributed by atoms with Crippen molar-refractivity contribution in [3.05, 3.63) is 29.8 Å². The summed E-state index contributed by atoms with van der Waals surface area (Å²) >= 11 is 0. The molecular weight excluding hydrogens is 240 g/mol. The predicted molar refractivity (Wildman–Crippen MR) is 77.2 cm³/mol. The van der Waals surface area contributed by atoms with Gasteiger partial charge >= 0.3 is 0 Å². The van der Waals surface area contributed by atoms with Crippen molar-refractivity contribution in [3.8, 4) is 5.75 Å². The number of phenolic OH excluding ortho intramolecular Hbond substituents is 1. The summed E-state index contributed by atoms with van der Waals surface area (Å²) in [6.45, 7) is 4.09. The molecule has 0 aliphatic heterocycles. The number of hydrazone groups is 1. The Bertz CT molecular complexity index is 424. The van der Waals surface area contributed by atoms with Crippen molar-refractivity contribution < 1.29 is 9.90 Å². The quantitative estimate of drug-likeness (QED) is 0.450. The van der Waals surface area contributed by atoms with Crippen LogP contribution in [-0.4, -0.2) is 16.7 Å². The fourth-order valence-electron chi connectivity index (χ4n) is 1.72. The summed E-state index contributed by atoms with van der Waals surface area (Å²) in [5, 5.41) is 13.4. The lowest BCUT2D eigenvalue weighted by Crippen LogP contribution is -2.19. The molecule has 0 fully saturated rings. The molecule has 1 aromatic carbocycles. The van der Waals surface area contributed by atoms with Gasteiger partial charge in [0.15, 0.2) is 0 Å². The Morgan fingerprint density at radius 2 is 1.89 bits per heavy atom. The second kappa shape index (κ2) is 8.29. The second-order valence-corrected chi connectivity index (χ2v) is 4.45. The Labute approximate surface area is 114 Å². The van der Waals surface area contributed by atoms with E-state index in [2.05, 4.69) is 17.5 Å². The molecule has 0 aliphatic carbocycles. The molecule has 1 rings (SSSR count). The maximum Gasteiger partial charge on any atom is 0.240 e. The molecule has 0 aliphatic rings. The minimum atomic E-state index is -0.0434. The number of amides is 1. The van der Waals surface area contributed by atoms with Gasteiger partial charge in [-0.25, -0.2) is 5.43 Å². The molecular formula is C15H22N2O2. The Hall–Kier alpha value is -1.84. The molecule has 0 spiro atoms. The van der Waals surface area contributed by atoms with Gasteiger partial charge in [-0.1, -0.05) is 26.7 Å². The number of phenols is 1. The van der Waals surface area contributed by atoms with Crippen molar-refractivity contribution in [1.29, 1.82) is 0 Å². The Morgan fingerprint density at radius 1 is 1.21 bits per heavy atom. The van der Waals surface area contributed by atoms with Crippen LogP contribution in [0.4, 0.5) is 0 Å². The average Bonchev–Trinajstić information content (AvgIpc) is 2.41. The number of nitrogens with one attached hydrogen (secondary N) is 1. The summed E-state index contributed by atoms with van der Waals surface area (Å²) in [6.07, 6.45) is 4.31. The van der Waals surface area contributed by atoms with Gasteiger partial charge in [-0.05, 0) is 42.7 Å². The molecule has 0 bridgehead atoms. The molecule has 4 nitrogen and oxygen atoms in total. The topological polar surface area (TPSA) is 61.7 Å². The maximum atomic E-state index is 11.6. The van der Waals surface area contributed by atoms with Gasteiger partial charge in [0.2, 0.25) is 5.91 Å². The molecule has 0 atom stereocenters. The highest BCUT2D eigenvalue weighted by molar-refractivity contribution is 6.00. The highest BCUT2D eigenvalue weighted by Crippen LogP contribution is 2.11. The molecule has 19 heavy (non-hydrogen) atoms. The summed E-state index contributed by atoms with van der Waals surface area (Å²) in [4.78, 5) is 11.6. The highest BCUT2D eigenvalue weighted by atomic mass is 16.3. The third kappa shape index (κ3) is 5.55. The van der Waals surface area contributed by atoms with Crippen LogP contribution in [0.2, 0.25) is 0 Å². The fourth-order valence-corrected chi connectivity index (χ4v) is 1.72. The molecule has 0 saturated heterocycles. The summed E-state index contributed by atoms with van der Waals surface area (Å²) in [5.74, 6) is 0.181. The van der Waals surface area contributed by atoms with Crippen LogP contribution in [0.3, 0.4) is 0 Å². The van der Waals surface area contributed by atoms with Gasteiger partial charge in [0.25, 0.3) is 0 Å². The van der Waals surface area contributed by atoms with Crippen LogP contribution in [0.5, 0.6) is 5.75 Å². The van der Waals surface area contributed by atoms with Gasteiger partial charge in [-0.3, -0.25) is 4.79 Å². The van der Waals surface area contributed by atoms with Gasteiger partial charge in [0.05, 0.1) is 5.71 Å². The van der Waals surface area contributed by atoms with Gasteiger partial charge < -0.3 is 5.11 Å². The number of nitrogens with zero attached hydrogens (tertiary/aromatic N) is 1. The van der Waals surface area contributed by atoms with Crippen LogP contribution in [0, 0.1) is 0 Å². The average molecular weight is 262 g/mol. The molecule has 104 valence electrons. The first-order chi connectivity index (χ1) is 9.17. The smallest absolute Gasteiger partial charge is 0.240 e. The normalized spacial score (nSPS) is 11.4. The molecule has 0 saturated carbocycles. The van der Waals surface area contributed by atoms with Gasteiger partial charge in [-0.2, -0.15) is 5.10 Å². The number of carbonyl (C=O) groups is 1. The number of hydrogen-bond acceptors (Lipinski definition) is 3. The number of rotatable bonds is 7. The largest absolute Gasteiger partial charge is 0.508 e. The fraction of sp³-hybridized carbons (Fsp3) is 0.467. The number of hydrogen-bond donors (Lipinski definition) is 2. The van der Waals surface area contributed by atoms with E-state index in [9.17, 15) is 9.90 Å². The first kappa shape index (κ1) is 15.2. The van der Waals surface area contributed by atoms with Crippen molar-refractivity contribution >= 4 is 11.6 Å². The van der Waals surface area contributed by atoms with Crippen LogP contribution in [-0.2, 0) is 4.79 Å². The summed E-state index contributed by atoms with van der Waals surface area (Å²) in [5.41, 5.74) is 4.31. The zero-order valence-electron chi connectivity index (χ0n) is 11.6. The molecule has 1 aromatic rings. The van der Waals surface area contributed by atoms with Crippen molar-refractivity contribution in [3.63, 3.8) is 0 Å². The van der Waals surface area contributed by atoms with E-state index in [4.69, 9.17) is 0 Å². The zero-order chi connectivity index (χ0) is 14.1. The Balaban J connectivity index is 2.57. The predicted octanol–water partition coefficient (Wildman–Crippen LogP) is 3.20. The SMILES string of the molecule is CCCCCC(=O)N/N=C(\CC)c1ccc(O)cc1. The van der Waals surface area contributed by atoms with Crippen LogP contribution >= 0.6 is 0 Å². The van der Waals surface area contributed by atoms with Crippen LogP contribution in [0.15, 0.2) is 29.4 Å². The molecule has 0 aromatic heterocycles. The standard InChI is InChI=1S/C15H22N2O2/c1-3-5-6-7-15(19)17-16-14(4-2)12-8-10-13(18)11-9-12/h8-11,18H,3-7H2,1-2H3,(H,17,19)/b16-14+. The lowest BCUT2D eigenvalue weighted by molar-refractivity contribution is -0.121. The molecule has 4 heteroatoms. The molecule has 0 heterocycles. The Morgan fingerprint density at radius 3 is 2.47 bits per heavy atom. The summed E-state index contributed by atoms with van der Waals surface area (Å²) in [7, 11) is 0. The monoisotopic (exact) mass is 262 g/mol. The van der Waals surface area contributed by atoms with E-state index >= 15 is 0 Å². The lowest BCUT2D eigenvalue weighted by Gasteiger charge is -2.05. The summed E-state index contributed by atoms with van der Waals surface area (Å²) in [6, 6.07) is 6.81. The number of carbonyl (C=O) groups excluding carboxylic acids is 1. The van der Waals surface area contributed by atoms with E-state index in [1.807, 2.05) is 6.92 Å². The maximum absolute atomic E-state index is 11.6. The van der Waals surface area contributed by atoms with E-state index in [0.29, 0.717) is 6.42 Å². The first-order valence-corrected chi connectivity index (χ1v) is 6.82. The number of benzene rings is 1. The number of unbranched alkanes of at least 4 members (excludes halogenated alkanes) is 2. The van der Waals surface area contributed by atoms with E-state index in [-0.39, 0.29) is 11.7 Å². The minimum Gasteiger partial charge on any atom is -0.508 e. The molecule has 1 amide bonds. The molecule has 0 radical (unpaired) electrons. The Kier molecular flexibility index (Phi) is 6.64. The van der Waals surface area contributed by atoms with Crippen molar-refractivity contribution in [2.24, 2.45) is 5.10 Å². The van der Waals surface area contributed by atoms with Crippen LogP contribution in [0.1, 0.15) is 51.5 Å². The van der Waals surface area contributed by atoms with Crippen molar-refractivity contribution in [2.75, 3.05) is 0 Å². The van der Waals surface area contributed by atoms with Crippen LogP contribution < -0.4 is 5.43 Å². The van der Waals surface area contributed by atoms with Gasteiger partial charge in [0, 0.05) is 6.42 Å². The third-order valence-corrected chi connectivity index (χ3v) is 2.86. The number of aromatic hydroxyl groups is 1. The first-order valence-electron chi connectivity index (χ1n) is 6.82. The molecule has 2 N–H and O–H groups in total. The lowest BCUT2D eigenvalue weighted by atomic mass is 10.1. The van der Waals surface area contributed by atoms with Gasteiger partial charge in [-0.15, -0.1) is 0 Å². The van der Waals surface area contributed by atoms with E-state index < -0.39 is 0 Å². The second-order valence-electron chi connectivity index (χ2n) is 4.45. The summed E-state index contributed by atoms with van der Waals surface area (Å²) < 4.78 is 0. The van der Waals surface area contributed by atoms with E-state index in [1.54, 1.807) is 24.3 Å². The van der Waals surface area contributed by atoms with Crippen LogP contribution in [0.25, 0.3) is 0 Å². The third-order valence-electron chi connectivity index (χ3n) is 2.86. The molecule has 0 unspecified atom stereocenters. The van der Waals surface area contributed by atoms with Crippen molar-refractivity contribution in [1.82, 2.24) is 5.43 Å². The van der Waals surface area contributed by atoms with Crippen molar-refractivity contribution in [2.45, 2.75) is 46.0 Å². The zero-order valence-corrected chi connectivity index (χ0v) is 11.6. The van der Waals surface area contributed by atoms with Gasteiger partial charge in [0.1, 0.15) is 5.75 Å². The van der Waals surface area contributed by atoms with E-state index in [0.717, 1.165) is 37.0 Å².